The van der Waals surface area contributed by atoms with Gasteiger partial charge in [0, 0.05) is 16.5 Å². The Hall–Kier alpha value is -1.45. The fourth-order valence-corrected chi connectivity index (χ4v) is 2.62. The molecule has 0 unspecified atom stereocenters. The van der Waals surface area contributed by atoms with Crippen molar-refractivity contribution in [2.45, 2.75) is 17.9 Å². The lowest BCUT2D eigenvalue weighted by Gasteiger charge is -2.12. The molecule has 1 N–H and O–H groups in total. The Kier molecular flexibility index (Phi) is 5.50. The zero-order valence-corrected chi connectivity index (χ0v) is 12.7. The van der Waals surface area contributed by atoms with Crippen molar-refractivity contribution in [3.63, 3.8) is 0 Å². The molecule has 0 aliphatic carbocycles. The van der Waals surface area contributed by atoms with E-state index in [1.54, 1.807) is 36.0 Å². The van der Waals surface area contributed by atoms with Gasteiger partial charge in [0.25, 0.3) is 0 Å². The quantitative estimate of drug-likeness (QED) is 0.874. The predicted molar refractivity (Wildman–Crippen MR) is 87.3 cm³/mol. The summed E-state index contributed by atoms with van der Waals surface area (Å²) >= 11 is 7.43. The first-order valence-corrected chi connectivity index (χ1v) is 7.80. The van der Waals surface area contributed by atoms with Crippen LogP contribution < -0.4 is 5.32 Å². The Bertz CT molecular complexity index is 556. The Morgan fingerprint density at radius 1 is 1.15 bits per heavy atom. The molecule has 0 aliphatic heterocycles. The number of anilines is 1. The van der Waals surface area contributed by atoms with Gasteiger partial charge in [0.15, 0.2) is 0 Å². The van der Waals surface area contributed by atoms with Gasteiger partial charge in [-0.3, -0.25) is 4.79 Å². The molecule has 4 heteroatoms. The maximum atomic E-state index is 12.1. The van der Waals surface area contributed by atoms with Crippen LogP contribution in [-0.4, -0.2) is 11.2 Å². The zero-order valence-electron chi connectivity index (χ0n) is 11.2. The standard InChI is InChI=1S/C16H16ClNOS/c1-12(20-11-13-5-3-2-4-6-13)16(19)18-15-9-7-14(17)8-10-15/h2-10,12H,11H2,1H3,(H,18,19)/t12-/m0/s1. The van der Waals surface area contributed by atoms with Gasteiger partial charge in [-0.1, -0.05) is 41.9 Å². The number of nitrogens with one attached hydrogen (secondary N) is 1. The van der Waals surface area contributed by atoms with Crippen LogP contribution >= 0.6 is 23.4 Å². The largest absolute Gasteiger partial charge is 0.325 e. The minimum atomic E-state index is -0.106. The van der Waals surface area contributed by atoms with Gasteiger partial charge < -0.3 is 5.32 Å². The number of hydrogen-bond acceptors (Lipinski definition) is 2. The number of thioether (sulfide) groups is 1. The smallest absolute Gasteiger partial charge is 0.237 e. The third kappa shape index (κ3) is 4.58. The Labute approximate surface area is 128 Å². The molecule has 0 saturated heterocycles. The number of hydrogen-bond donors (Lipinski definition) is 1. The molecule has 0 spiro atoms. The maximum absolute atomic E-state index is 12.1. The van der Waals surface area contributed by atoms with Crippen molar-refractivity contribution >= 4 is 35.0 Å². The summed E-state index contributed by atoms with van der Waals surface area (Å²) in [6.45, 7) is 1.92. The summed E-state index contributed by atoms with van der Waals surface area (Å²) in [6.07, 6.45) is 0. The van der Waals surface area contributed by atoms with Gasteiger partial charge in [0.05, 0.1) is 5.25 Å². The summed E-state index contributed by atoms with van der Waals surface area (Å²) in [5.74, 6) is 0.837. The third-order valence-electron chi connectivity index (χ3n) is 2.82. The molecule has 1 amide bonds. The number of rotatable bonds is 5. The molecule has 2 aromatic rings. The first-order chi connectivity index (χ1) is 9.65. The van der Waals surface area contributed by atoms with Crippen molar-refractivity contribution < 1.29 is 4.79 Å². The fraction of sp³-hybridized carbons (Fsp3) is 0.188. The van der Waals surface area contributed by atoms with Crippen molar-refractivity contribution in [3.05, 3.63) is 65.2 Å². The molecule has 0 heterocycles. The minimum absolute atomic E-state index is 0.00764. The molecule has 0 aromatic heterocycles. The molecule has 2 rings (SSSR count). The van der Waals surface area contributed by atoms with Crippen LogP contribution in [0.1, 0.15) is 12.5 Å². The highest BCUT2D eigenvalue weighted by Crippen LogP contribution is 2.20. The summed E-state index contributed by atoms with van der Waals surface area (Å²) in [6, 6.07) is 17.3. The molecular formula is C16H16ClNOS. The zero-order chi connectivity index (χ0) is 14.4. The first-order valence-electron chi connectivity index (χ1n) is 6.37. The first kappa shape index (κ1) is 14.9. The van der Waals surface area contributed by atoms with Gasteiger partial charge in [0.2, 0.25) is 5.91 Å². The van der Waals surface area contributed by atoms with E-state index in [9.17, 15) is 4.79 Å². The summed E-state index contributed by atoms with van der Waals surface area (Å²) in [5.41, 5.74) is 2.00. The van der Waals surface area contributed by atoms with Crippen molar-refractivity contribution in [2.24, 2.45) is 0 Å². The average Bonchev–Trinajstić information content (AvgIpc) is 2.48. The lowest BCUT2D eigenvalue weighted by Crippen LogP contribution is -2.22. The number of halogens is 1. The highest BCUT2D eigenvalue weighted by Gasteiger charge is 2.13. The Balaban J connectivity index is 1.84. The number of carbonyl (C=O) groups is 1. The second-order valence-corrected chi connectivity index (χ2v) is 6.20. The molecule has 20 heavy (non-hydrogen) atoms. The summed E-state index contributed by atoms with van der Waals surface area (Å²) in [7, 11) is 0. The van der Waals surface area contributed by atoms with Gasteiger partial charge >= 0.3 is 0 Å². The van der Waals surface area contributed by atoms with Gasteiger partial charge in [0.1, 0.15) is 0 Å². The summed E-state index contributed by atoms with van der Waals surface area (Å²) in [4.78, 5) is 12.1. The van der Waals surface area contributed by atoms with E-state index in [4.69, 9.17) is 11.6 Å². The van der Waals surface area contributed by atoms with Crippen LogP contribution in [0.4, 0.5) is 5.69 Å². The lowest BCUT2D eigenvalue weighted by atomic mass is 10.2. The molecule has 1 atom stereocenters. The van der Waals surface area contributed by atoms with E-state index in [1.807, 2.05) is 25.1 Å². The monoisotopic (exact) mass is 305 g/mol. The van der Waals surface area contributed by atoms with Gasteiger partial charge in [-0.05, 0) is 36.8 Å². The summed E-state index contributed by atoms with van der Waals surface area (Å²) < 4.78 is 0. The van der Waals surface area contributed by atoms with Crippen LogP contribution in [0.2, 0.25) is 5.02 Å². The van der Waals surface area contributed by atoms with E-state index in [0.29, 0.717) is 5.02 Å². The van der Waals surface area contributed by atoms with Crippen LogP contribution in [-0.2, 0) is 10.5 Å². The number of carbonyl (C=O) groups excluding carboxylic acids is 1. The normalized spacial score (nSPS) is 11.9. The second-order valence-electron chi connectivity index (χ2n) is 4.43. The molecule has 0 saturated carbocycles. The Morgan fingerprint density at radius 3 is 2.45 bits per heavy atom. The van der Waals surface area contributed by atoms with Crippen LogP contribution in [0.3, 0.4) is 0 Å². The lowest BCUT2D eigenvalue weighted by molar-refractivity contribution is -0.115. The van der Waals surface area contributed by atoms with Crippen LogP contribution in [0, 0.1) is 0 Å². The molecule has 0 radical (unpaired) electrons. The minimum Gasteiger partial charge on any atom is -0.325 e. The molecule has 2 aromatic carbocycles. The average molecular weight is 306 g/mol. The fourth-order valence-electron chi connectivity index (χ4n) is 1.65. The molecule has 0 bridgehead atoms. The maximum Gasteiger partial charge on any atom is 0.237 e. The van der Waals surface area contributed by atoms with Crippen molar-refractivity contribution in [1.82, 2.24) is 0 Å². The van der Waals surface area contributed by atoms with Crippen LogP contribution in [0.5, 0.6) is 0 Å². The number of benzene rings is 2. The van der Waals surface area contributed by atoms with Gasteiger partial charge in [-0.15, -0.1) is 11.8 Å². The molecule has 2 nitrogen and oxygen atoms in total. The molecule has 0 fully saturated rings. The highest BCUT2D eigenvalue weighted by molar-refractivity contribution is 7.99. The second kappa shape index (κ2) is 7.36. The van der Waals surface area contributed by atoms with Crippen molar-refractivity contribution in [2.75, 3.05) is 5.32 Å². The topological polar surface area (TPSA) is 29.1 Å². The van der Waals surface area contributed by atoms with E-state index < -0.39 is 0 Å². The molecular weight excluding hydrogens is 290 g/mol. The van der Waals surface area contributed by atoms with Crippen LogP contribution in [0.15, 0.2) is 54.6 Å². The van der Waals surface area contributed by atoms with E-state index >= 15 is 0 Å². The SMILES string of the molecule is C[C@H](SCc1ccccc1)C(=O)Nc1ccc(Cl)cc1. The van der Waals surface area contributed by atoms with E-state index in [2.05, 4.69) is 17.4 Å². The molecule has 0 aliphatic rings. The van der Waals surface area contributed by atoms with Crippen molar-refractivity contribution in [1.29, 1.82) is 0 Å². The van der Waals surface area contributed by atoms with Gasteiger partial charge in [-0.25, -0.2) is 0 Å². The predicted octanol–water partition coefficient (Wildman–Crippen LogP) is 4.60. The molecule has 104 valence electrons. The summed E-state index contributed by atoms with van der Waals surface area (Å²) in [5, 5.41) is 3.44. The Morgan fingerprint density at radius 2 is 1.80 bits per heavy atom. The highest BCUT2D eigenvalue weighted by atomic mass is 35.5. The van der Waals surface area contributed by atoms with Crippen molar-refractivity contribution in [3.8, 4) is 0 Å². The van der Waals surface area contributed by atoms with E-state index in [0.717, 1.165) is 11.4 Å². The van der Waals surface area contributed by atoms with E-state index in [-0.39, 0.29) is 11.2 Å². The van der Waals surface area contributed by atoms with E-state index in [1.165, 1.54) is 5.56 Å². The number of amides is 1. The third-order valence-corrected chi connectivity index (χ3v) is 4.29. The van der Waals surface area contributed by atoms with Gasteiger partial charge in [-0.2, -0.15) is 0 Å². The van der Waals surface area contributed by atoms with Crippen LogP contribution in [0.25, 0.3) is 0 Å².